The summed E-state index contributed by atoms with van der Waals surface area (Å²) in [4.78, 5) is 12.2. The van der Waals surface area contributed by atoms with Crippen molar-refractivity contribution in [1.29, 1.82) is 0 Å². The standard InChI is InChI=1S/C16H18ClNO/c17-7-2-1-5-15(19)14-10-12-4-3-8-18-9-6-13(11-14)16(12)18/h6,9-11H,1-5,7-8H2. The van der Waals surface area contributed by atoms with Crippen LogP contribution in [0.5, 0.6) is 0 Å². The second kappa shape index (κ2) is 5.38. The quantitative estimate of drug-likeness (QED) is 0.456. The fourth-order valence-electron chi connectivity index (χ4n) is 2.94. The van der Waals surface area contributed by atoms with Crippen molar-refractivity contribution in [2.24, 2.45) is 0 Å². The maximum absolute atomic E-state index is 12.2. The molecule has 0 radical (unpaired) electrons. The van der Waals surface area contributed by atoms with Crippen LogP contribution in [0.1, 0.15) is 41.6 Å². The topological polar surface area (TPSA) is 22.0 Å². The molecule has 1 aromatic heterocycles. The molecule has 2 nitrogen and oxygen atoms in total. The molecule has 0 unspecified atom stereocenters. The summed E-state index contributed by atoms with van der Waals surface area (Å²) < 4.78 is 2.30. The van der Waals surface area contributed by atoms with Gasteiger partial charge in [-0.1, -0.05) is 0 Å². The molecule has 2 aromatic rings. The van der Waals surface area contributed by atoms with Gasteiger partial charge in [-0.2, -0.15) is 0 Å². The van der Waals surface area contributed by atoms with Crippen molar-refractivity contribution in [3.63, 3.8) is 0 Å². The van der Waals surface area contributed by atoms with Gasteiger partial charge in [-0.25, -0.2) is 0 Å². The van der Waals surface area contributed by atoms with Crippen LogP contribution in [0.2, 0.25) is 0 Å². The normalized spacial score (nSPS) is 13.9. The summed E-state index contributed by atoms with van der Waals surface area (Å²) in [5.41, 5.74) is 3.52. The lowest BCUT2D eigenvalue weighted by molar-refractivity contribution is 0.0980. The molecule has 0 aliphatic carbocycles. The molecule has 0 fully saturated rings. The highest BCUT2D eigenvalue weighted by molar-refractivity contribution is 6.17. The summed E-state index contributed by atoms with van der Waals surface area (Å²) in [7, 11) is 0. The first-order chi connectivity index (χ1) is 9.29. The van der Waals surface area contributed by atoms with E-state index in [2.05, 4.69) is 22.9 Å². The third kappa shape index (κ3) is 2.42. The summed E-state index contributed by atoms with van der Waals surface area (Å²) in [5.74, 6) is 0.891. The molecule has 1 aliphatic rings. The zero-order valence-corrected chi connectivity index (χ0v) is 11.7. The third-order valence-electron chi connectivity index (χ3n) is 3.89. The Morgan fingerprint density at radius 3 is 3.05 bits per heavy atom. The Balaban J connectivity index is 1.91. The molecule has 0 atom stereocenters. The van der Waals surface area contributed by atoms with E-state index >= 15 is 0 Å². The minimum atomic E-state index is 0.251. The number of ketones is 1. The lowest BCUT2D eigenvalue weighted by Crippen LogP contribution is -2.08. The van der Waals surface area contributed by atoms with Gasteiger partial charge >= 0.3 is 0 Å². The van der Waals surface area contributed by atoms with E-state index in [1.54, 1.807) is 0 Å². The van der Waals surface area contributed by atoms with Crippen LogP contribution in [-0.4, -0.2) is 16.2 Å². The molecule has 100 valence electrons. The minimum Gasteiger partial charge on any atom is -0.347 e. The molecule has 0 saturated heterocycles. The molecule has 1 aliphatic heterocycles. The summed E-state index contributed by atoms with van der Waals surface area (Å²) in [6.45, 7) is 1.10. The number of aromatic nitrogens is 1. The molecule has 3 rings (SSSR count). The number of aryl methyl sites for hydroxylation is 2. The molecule has 0 saturated carbocycles. The summed E-state index contributed by atoms with van der Waals surface area (Å²) in [5, 5.41) is 1.21. The van der Waals surface area contributed by atoms with Crippen LogP contribution in [0.3, 0.4) is 0 Å². The Morgan fingerprint density at radius 2 is 2.21 bits per heavy atom. The number of Topliss-reactive ketones (excluding diaryl/α,β-unsaturated/α-hetero) is 1. The maximum atomic E-state index is 12.2. The number of hydrogen-bond donors (Lipinski definition) is 0. The van der Waals surface area contributed by atoms with Crippen molar-refractivity contribution in [3.8, 4) is 0 Å². The second-order valence-corrected chi connectivity index (χ2v) is 5.63. The summed E-state index contributed by atoms with van der Waals surface area (Å²) in [6.07, 6.45) is 6.80. The van der Waals surface area contributed by atoms with Gasteiger partial charge in [0.1, 0.15) is 0 Å². The van der Waals surface area contributed by atoms with Gasteiger partial charge in [0.05, 0.1) is 5.52 Å². The van der Waals surface area contributed by atoms with E-state index in [4.69, 9.17) is 11.6 Å². The van der Waals surface area contributed by atoms with Crippen LogP contribution in [0.25, 0.3) is 10.9 Å². The number of carbonyl (C=O) groups is 1. The molecular weight excluding hydrogens is 258 g/mol. The first-order valence-electron chi connectivity index (χ1n) is 7.00. The molecule has 0 bridgehead atoms. The Kier molecular flexibility index (Phi) is 3.61. The van der Waals surface area contributed by atoms with E-state index in [9.17, 15) is 4.79 Å². The molecule has 19 heavy (non-hydrogen) atoms. The Morgan fingerprint density at radius 1 is 1.32 bits per heavy atom. The highest BCUT2D eigenvalue weighted by Gasteiger charge is 2.15. The van der Waals surface area contributed by atoms with Crippen LogP contribution in [0.15, 0.2) is 24.4 Å². The fraction of sp³-hybridized carbons (Fsp3) is 0.438. The number of rotatable bonds is 5. The van der Waals surface area contributed by atoms with E-state index in [1.165, 1.54) is 22.9 Å². The number of nitrogens with zero attached hydrogens (tertiary/aromatic N) is 1. The number of alkyl halides is 1. The van der Waals surface area contributed by atoms with E-state index in [0.29, 0.717) is 12.3 Å². The number of carbonyl (C=O) groups excluding carboxylic acids is 1. The molecule has 2 heterocycles. The van der Waals surface area contributed by atoms with Crippen molar-refractivity contribution >= 4 is 28.3 Å². The lowest BCUT2D eigenvalue weighted by Gasteiger charge is -2.16. The molecule has 1 aromatic carbocycles. The maximum Gasteiger partial charge on any atom is 0.162 e. The first-order valence-corrected chi connectivity index (χ1v) is 7.54. The molecular formula is C16H18ClNO. The predicted molar refractivity (Wildman–Crippen MR) is 79.2 cm³/mol. The summed E-state index contributed by atoms with van der Waals surface area (Å²) >= 11 is 5.65. The van der Waals surface area contributed by atoms with Gasteiger partial charge in [-0.3, -0.25) is 4.79 Å². The average molecular weight is 276 g/mol. The molecule has 0 amide bonds. The van der Waals surface area contributed by atoms with Gasteiger partial charge in [-0.05, 0) is 49.4 Å². The van der Waals surface area contributed by atoms with Gasteiger partial charge < -0.3 is 4.57 Å². The molecule has 3 heteroatoms. The van der Waals surface area contributed by atoms with Crippen molar-refractivity contribution in [2.75, 3.05) is 5.88 Å². The van der Waals surface area contributed by atoms with Crippen molar-refractivity contribution < 1.29 is 4.79 Å². The van der Waals surface area contributed by atoms with E-state index < -0.39 is 0 Å². The highest BCUT2D eigenvalue weighted by atomic mass is 35.5. The third-order valence-corrected chi connectivity index (χ3v) is 4.16. The molecule has 0 N–H and O–H groups in total. The first kappa shape index (κ1) is 12.7. The van der Waals surface area contributed by atoms with E-state index in [1.807, 2.05) is 6.07 Å². The zero-order valence-electron chi connectivity index (χ0n) is 11.0. The number of halogens is 1. The number of benzene rings is 1. The van der Waals surface area contributed by atoms with Gasteiger partial charge in [0, 0.05) is 36.0 Å². The fourth-order valence-corrected chi connectivity index (χ4v) is 3.13. The Bertz CT molecular complexity index is 614. The van der Waals surface area contributed by atoms with Gasteiger partial charge in [0.25, 0.3) is 0 Å². The van der Waals surface area contributed by atoms with Crippen LogP contribution in [-0.2, 0) is 13.0 Å². The van der Waals surface area contributed by atoms with Crippen LogP contribution >= 0.6 is 11.6 Å². The van der Waals surface area contributed by atoms with Crippen molar-refractivity contribution in [2.45, 2.75) is 38.6 Å². The van der Waals surface area contributed by atoms with Crippen molar-refractivity contribution in [1.82, 2.24) is 4.57 Å². The second-order valence-electron chi connectivity index (χ2n) is 5.26. The zero-order chi connectivity index (χ0) is 13.2. The average Bonchev–Trinajstić information content (AvgIpc) is 2.84. The number of hydrogen-bond acceptors (Lipinski definition) is 1. The minimum absolute atomic E-state index is 0.251. The van der Waals surface area contributed by atoms with E-state index in [0.717, 1.165) is 31.4 Å². The Hall–Kier alpha value is -1.28. The summed E-state index contributed by atoms with van der Waals surface area (Å²) in [6, 6.07) is 6.27. The van der Waals surface area contributed by atoms with Crippen LogP contribution < -0.4 is 0 Å². The largest absolute Gasteiger partial charge is 0.347 e. The highest BCUT2D eigenvalue weighted by Crippen LogP contribution is 2.28. The van der Waals surface area contributed by atoms with E-state index in [-0.39, 0.29) is 5.78 Å². The van der Waals surface area contributed by atoms with Crippen molar-refractivity contribution in [3.05, 3.63) is 35.5 Å². The lowest BCUT2D eigenvalue weighted by atomic mass is 9.97. The van der Waals surface area contributed by atoms with Crippen LogP contribution in [0.4, 0.5) is 0 Å². The number of unbranched alkanes of at least 4 members (excludes halogenated alkanes) is 1. The molecule has 0 spiro atoms. The smallest absolute Gasteiger partial charge is 0.162 e. The van der Waals surface area contributed by atoms with Gasteiger partial charge in [-0.15, -0.1) is 11.6 Å². The monoisotopic (exact) mass is 275 g/mol. The SMILES string of the molecule is O=C(CCCCCl)c1cc2c3c(ccn3CCC2)c1. The predicted octanol–water partition coefficient (Wildman–Crippen LogP) is 4.18. The van der Waals surface area contributed by atoms with Crippen LogP contribution in [0, 0.1) is 0 Å². The van der Waals surface area contributed by atoms with Gasteiger partial charge in [0.2, 0.25) is 0 Å². The van der Waals surface area contributed by atoms with Gasteiger partial charge in [0.15, 0.2) is 5.78 Å². The Labute approximate surface area is 118 Å².